The number of anilines is 1. The zero-order valence-electron chi connectivity index (χ0n) is 7.79. The maximum Gasteiger partial charge on any atom is 0.256 e. The van der Waals surface area contributed by atoms with Crippen molar-refractivity contribution in [3.8, 4) is 0 Å². The molecule has 0 saturated carbocycles. The van der Waals surface area contributed by atoms with Gasteiger partial charge >= 0.3 is 0 Å². The molecule has 0 aliphatic heterocycles. The number of rotatable bonds is 3. The van der Waals surface area contributed by atoms with Crippen LogP contribution in [0.4, 0.5) is 5.82 Å². The zero-order valence-corrected chi connectivity index (χ0v) is 7.79. The Morgan fingerprint density at radius 2 is 2.54 bits per heavy atom. The third kappa shape index (κ3) is 2.21. The molecule has 72 valence electrons. The molecule has 0 bridgehead atoms. The number of nitrogens with two attached hydrogens (primary N) is 1. The van der Waals surface area contributed by atoms with E-state index < -0.39 is 0 Å². The number of nitrogens with zero attached hydrogens (tertiary/aromatic N) is 1. The van der Waals surface area contributed by atoms with Gasteiger partial charge in [0.25, 0.3) is 5.91 Å². The Balaban J connectivity index is 2.64. The van der Waals surface area contributed by atoms with Gasteiger partial charge in [0, 0.05) is 6.04 Å². The first kappa shape index (κ1) is 9.57. The summed E-state index contributed by atoms with van der Waals surface area (Å²) < 4.78 is 0. The summed E-state index contributed by atoms with van der Waals surface area (Å²) in [5.41, 5.74) is 5.88. The minimum Gasteiger partial charge on any atom is -0.383 e. The average molecular weight is 182 g/mol. The molecule has 5 nitrogen and oxygen atoms in total. The summed E-state index contributed by atoms with van der Waals surface area (Å²) in [5.74, 6) is 0.126. The molecule has 13 heavy (non-hydrogen) atoms. The molecular formula is C8H14N4O. The van der Waals surface area contributed by atoms with Crippen molar-refractivity contribution < 1.29 is 4.79 Å². The van der Waals surface area contributed by atoms with Crippen LogP contribution in [0, 0.1) is 0 Å². The molecule has 1 heterocycles. The van der Waals surface area contributed by atoms with Gasteiger partial charge in [-0.1, -0.05) is 6.92 Å². The Morgan fingerprint density at radius 3 is 3.00 bits per heavy atom. The second kappa shape index (κ2) is 3.93. The van der Waals surface area contributed by atoms with Crippen LogP contribution in [-0.4, -0.2) is 22.1 Å². The summed E-state index contributed by atoms with van der Waals surface area (Å²) in [7, 11) is 0. The molecule has 0 fully saturated rings. The number of hydrogen-bond donors (Lipinski definition) is 3. The van der Waals surface area contributed by atoms with Crippen LogP contribution in [-0.2, 0) is 0 Å². The highest BCUT2D eigenvalue weighted by atomic mass is 16.1. The van der Waals surface area contributed by atoms with E-state index in [1.807, 2.05) is 13.8 Å². The number of nitrogen functional groups attached to an aromatic ring is 1. The highest BCUT2D eigenvalue weighted by Gasteiger charge is 2.12. The van der Waals surface area contributed by atoms with Gasteiger partial charge in [0.2, 0.25) is 0 Å². The van der Waals surface area contributed by atoms with E-state index in [2.05, 4.69) is 15.5 Å². The monoisotopic (exact) mass is 182 g/mol. The van der Waals surface area contributed by atoms with Crippen molar-refractivity contribution in [2.75, 3.05) is 5.73 Å². The van der Waals surface area contributed by atoms with Gasteiger partial charge in [0.15, 0.2) is 0 Å². The van der Waals surface area contributed by atoms with Gasteiger partial charge in [-0.25, -0.2) is 0 Å². The molecule has 0 aromatic carbocycles. The summed E-state index contributed by atoms with van der Waals surface area (Å²) in [6.07, 6.45) is 2.32. The summed E-state index contributed by atoms with van der Waals surface area (Å²) in [4.78, 5) is 11.4. The second-order valence-electron chi connectivity index (χ2n) is 2.98. The van der Waals surface area contributed by atoms with Crippen LogP contribution >= 0.6 is 0 Å². The topological polar surface area (TPSA) is 83.8 Å². The maximum absolute atomic E-state index is 11.4. The maximum atomic E-state index is 11.4. The number of carbonyl (C=O) groups is 1. The van der Waals surface area contributed by atoms with Crippen molar-refractivity contribution in [3.05, 3.63) is 11.8 Å². The molecule has 1 unspecified atom stereocenters. The molecule has 1 rings (SSSR count). The summed E-state index contributed by atoms with van der Waals surface area (Å²) >= 11 is 0. The Morgan fingerprint density at radius 1 is 1.85 bits per heavy atom. The van der Waals surface area contributed by atoms with Crippen molar-refractivity contribution in [2.24, 2.45) is 0 Å². The van der Waals surface area contributed by atoms with Gasteiger partial charge in [-0.05, 0) is 13.3 Å². The standard InChI is InChI=1S/C8H14N4O/c1-3-5(2)11-8(13)6-4-10-12-7(6)9/h4-5H,3H2,1-2H3,(H,11,13)(H3,9,10,12). The van der Waals surface area contributed by atoms with Crippen molar-refractivity contribution >= 4 is 11.7 Å². The number of carbonyl (C=O) groups excluding carboxylic acids is 1. The number of aromatic amines is 1. The van der Waals surface area contributed by atoms with E-state index in [0.29, 0.717) is 11.4 Å². The van der Waals surface area contributed by atoms with E-state index in [-0.39, 0.29) is 11.9 Å². The van der Waals surface area contributed by atoms with Crippen LogP contribution in [0.3, 0.4) is 0 Å². The molecule has 0 aliphatic rings. The van der Waals surface area contributed by atoms with Gasteiger partial charge in [-0.15, -0.1) is 0 Å². The third-order valence-electron chi connectivity index (χ3n) is 1.90. The van der Waals surface area contributed by atoms with Crippen LogP contribution in [0.1, 0.15) is 30.6 Å². The van der Waals surface area contributed by atoms with Crippen molar-refractivity contribution in [3.63, 3.8) is 0 Å². The minimum absolute atomic E-state index is 0.154. The molecule has 1 aromatic heterocycles. The van der Waals surface area contributed by atoms with E-state index >= 15 is 0 Å². The number of aromatic nitrogens is 2. The molecule has 0 saturated heterocycles. The fourth-order valence-corrected chi connectivity index (χ4v) is 0.881. The van der Waals surface area contributed by atoms with Crippen molar-refractivity contribution in [2.45, 2.75) is 26.3 Å². The van der Waals surface area contributed by atoms with Crippen LogP contribution in [0.5, 0.6) is 0 Å². The quantitative estimate of drug-likeness (QED) is 0.637. The van der Waals surface area contributed by atoms with Crippen molar-refractivity contribution in [1.82, 2.24) is 15.5 Å². The van der Waals surface area contributed by atoms with Crippen molar-refractivity contribution in [1.29, 1.82) is 0 Å². The minimum atomic E-state index is -0.180. The van der Waals surface area contributed by atoms with Crippen LogP contribution < -0.4 is 11.1 Å². The van der Waals surface area contributed by atoms with Crippen LogP contribution in [0.15, 0.2) is 6.20 Å². The molecule has 5 heteroatoms. The SMILES string of the molecule is CCC(C)NC(=O)c1cn[nH]c1N. The highest BCUT2D eigenvalue weighted by Crippen LogP contribution is 2.05. The van der Waals surface area contributed by atoms with Gasteiger partial charge in [-0.2, -0.15) is 5.10 Å². The fourth-order valence-electron chi connectivity index (χ4n) is 0.881. The Kier molecular flexibility index (Phi) is 2.89. The first-order valence-corrected chi connectivity index (χ1v) is 4.24. The lowest BCUT2D eigenvalue weighted by atomic mass is 10.2. The summed E-state index contributed by atoms with van der Waals surface area (Å²) in [5, 5.41) is 8.97. The Hall–Kier alpha value is -1.52. The van der Waals surface area contributed by atoms with E-state index in [1.54, 1.807) is 0 Å². The van der Waals surface area contributed by atoms with Gasteiger partial charge in [0.05, 0.1) is 6.20 Å². The normalized spacial score (nSPS) is 12.5. The third-order valence-corrected chi connectivity index (χ3v) is 1.90. The number of H-pyrrole nitrogens is 1. The number of hydrogen-bond acceptors (Lipinski definition) is 3. The van der Waals surface area contributed by atoms with Crippen LogP contribution in [0.2, 0.25) is 0 Å². The second-order valence-corrected chi connectivity index (χ2v) is 2.98. The van der Waals surface area contributed by atoms with E-state index in [9.17, 15) is 4.79 Å². The number of nitrogens with one attached hydrogen (secondary N) is 2. The molecule has 4 N–H and O–H groups in total. The van der Waals surface area contributed by atoms with E-state index in [4.69, 9.17) is 5.73 Å². The first-order chi connectivity index (χ1) is 6.15. The lowest BCUT2D eigenvalue weighted by molar-refractivity contribution is 0.0940. The predicted molar refractivity (Wildman–Crippen MR) is 50.2 cm³/mol. The molecule has 1 aromatic rings. The lowest BCUT2D eigenvalue weighted by Crippen LogP contribution is -2.32. The van der Waals surface area contributed by atoms with Crippen LogP contribution in [0.25, 0.3) is 0 Å². The molecule has 1 amide bonds. The number of amides is 1. The molecule has 1 atom stereocenters. The first-order valence-electron chi connectivity index (χ1n) is 4.24. The Labute approximate surface area is 76.7 Å². The molecular weight excluding hydrogens is 168 g/mol. The molecule has 0 aliphatic carbocycles. The molecule has 0 spiro atoms. The summed E-state index contributed by atoms with van der Waals surface area (Å²) in [6, 6.07) is 0.154. The smallest absolute Gasteiger partial charge is 0.256 e. The fraction of sp³-hybridized carbons (Fsp3) is 0.500. The van der Waals surface area contributed by atoms with Gasteiger partial charge in [0.1, 0.15) is 11.4 Å². The highest BCUT2D eigenvalue weighted by molar-refractivity contribution is 5.98. The predicted octanol–water partition coefficient (Wildman–Crippen LogP) is 0.520. The lowest BCUT2D eigenvalue weighted by Gasteiger charge is -2.09. The molecule has 0 radical (unpaired) electrons. The van der Waals surface area contributed by atoms with E-state index in [0.717, 1.165) is 6.42 Å². The van der Waals surface area contributed by atoms with E-state index in [1.165, 1.54) is 6.20 Å². The van der Waals surface area contributed by atoms with Gasteiger partial charge < -0.3 is 11.1 Å². The van der Waals surface area contributed by atoms with Gasteiger partial charge in [-0.3, -0.25) is 9.89 Å². The zero-order chi connectivity index (χ0) is 9.84. The Bertz CT molecular complexity index is 294. The summed E-state index contributed by atoms with van der Waals surface area (Å²) in [6.45, 7) is 3.94. The largest absolute Gasteiger partial charge is 0.383 e. The average Bonchev–Trinajstić information content (AvgIpc) is 2.51.